The first-order chi connectivity index (χ1) is 11.1. The minimum absolute atomic E-state index is 0.0645. The lowest BCUT2D eigenvalue weighted by Crippen LogP contribution is -2.34. The van der Waals surface area contributed by atoms with E-state index < -0.39 is 15.4 Å². The van der Waals surface area contributed by atoms with Crippen LogP contribution in [0.15, 0.2) is 0 Å². The van der Waals surface area contributed by atoms with Gasteiger partial charge in [-0.2, -0.15) is 8.42 Å². The molecule has 2 atom stereocenters. The van der Waals surface area contributed by atoms with E-state index in [9.17, 15) is 13.0 Å². The molecule has 0 aliphatic heterocycles. The lowest BCUT2D eigenvalue weighted by atomic mass is 9.98. The van der Waals surface area contributed by atoms with Crippen molar-refractivity contribution in [3.8, 4) is 0 Å². The molecule has 0 radical (unpaired) electrons. The Bertz CT molecular complexity index is 449. The monoisotopic (exact) mass is 360 g/mol. The van der Waals surface area contributed by atoms with Gasteiger partial charge in [0.2, 0.25) is 0 Å². The highest BCUT2D eigenvalue weighted by atomic mass is 32.2. The fourth-order valence-electron chi connectivity index (χ4n) is 5.31. The summed E-state index contributed by atoms with van der Waals surface area (Å²) < 4.78 is 32.9. The van der Waals surface area contributed by atoms with E-state index in [1.54, 1.807) is 0 Å². The van der Waals surface area contributed by atoms with E-state index in [4.69, 9.17) is 0 Å². The maximum atomic E-state index is 11.7. The van der Waals surface area contributed by atoms with Crippen LogP contribution in [0.3, 0.4) is 0 Å². The van der Waals surface area contributed by atoms with Crippen LogP contribution >= 0.6 is 7.92 Å². The van der Waals surface area contributed by atoms with Crippen LogP contribution in [0, 0.1) is 0 Å². The van der Waals surface area contributed by atoms with Crippen molar-refractivity contribution in [3.05, 3.63) is 0 Å². The summed E-state index contributed by atoms with van der Waals surface area (Å²) in [5, 5.41) is -0.474. The highest BCUT2D eigenvalue weighted by molar-refractivity contribution is 7.86. The molecule has 2 unspecified atom stereocenters. The zero-order valence-corrected chi connectivity index (χ0v) is 16.0. The molecule has 3 rings (SSSR count). The highest BCUT2D eigenvalue weighted by Crippen LogP contribution is 2.61. The molecule has 3 aliphatic rings. The lowest BCUT2D eigenvalue weighted by molar-refractivity contribution is 0.421. The first kappa shape index (κ1) is 18.1. The molecule has 0 aromatic rings. The first-order valence-corrected chi connectivity index (χ1v) is 12.8. The fraction of sp³-hybridized carbons (Fsp3) is 1.00. The molecule has 0 spiro atoms. The van der Waals surface area contributed by atoms with Crippen LogP contribution < -0.4 is 0 Å². The molecule has 0 saturated heterocycles. The van der Waals surface area contributed by atoms with Crippen molar-refractivity contribution in [2.75, 3.05) is 0 Å². The van der Waals surface area contributed by atoms with Crippen molar-refractivity contribution in [1.82, 2.24) is 0 Å². The zero-order valence-electron chi connectivity index (χ0n) is 14.3. The van der Waals surface area contributed by atoms with E-state index in [1.807, 2.05) is 0 Å². The van der Waals surface area contributed by atoms with Crippen molar-refractivity contribution in [3.63, 3.8) is 0 Å². The molecule has 3 saturated carbocycles. The highest BCUT2D eigenvalue weighted by Gasteiger charge is 2.40. The van der Waals surface area contributed by atoms with Crippen molar-refractivity contribution >= 4 is 18.0 Å². The molecule has 23 heavy (non-hydrogen) atoms. The Kier molecular flexibility index (Phi) is 6.42. The Morgan fingerprint density at radius 1 is 0.652 bits per heavy atom. The molecule has 5 heteroatoms. The molecule has 0 bridgehead atoms. The number of hydrogen-bond acceptors (Lipinski definition) is 2. The lowest BCUT2D eigenvalue weighted by Gasteiger charge is -2.45. The van der Waals surface area contributed by atoms with Gasteiger partial charge in [-0.1, -0.05) is 52.9 Å². The van der Waals surface area contributed by atoms with Crippen LogP contribution in [-0.2, 0) is 10.1 Å². The van der Waals surface area contributed by atoms with Crippen molar-refractivity contribution in [2.45, 2.75) is 112 Å². The molecule has 134 valence electrons. The summed E-state index contributed by atoms with van der Waals surface area (Å²) in [6, 6.07) is 0. The Hall–Kier alpha value is 0.340. The second-order valence-electron chi connectivity index (χ2n) is 7.99. The smallest absolute Gasteiger partial charge is 0.267 e. The van der Waals surface area contributed by atoms with Crippen molar-refractivity contribution in [1.29, 1.82) is 0 Å². The summed E-state index contributed by atoms with van der Waals surface area (Å²) in [5.41, 5.74) is 2.36. The van der Waals surface area contributed by atoms with E-state index in [2.05, 4.69) is 0 Å². The fourth-order valence-corrected chi connectivity index (χ4v) is 11.1. The maximum Gasteiger partial charge on any atom is 0.267 e. The van der Waals surface area contributed by atoms with E-state index >= 15 is 0 Å². The van der Waals surface area contributed by atoms with Crippen LogP contribution in [0.2, 0.25) is 0 Å². The van der Waals surface area contributed by atoms with Gasteiger partial charge in [0, 0.05) is 0 Å². The van der Waals surface area contributed by atoms with E-state index in [0.717, 1.165) is 24.2 Å². The largest absolute Gasteiger partial charge is 0.285 e. The topological polar surface area (TPSA) is 54.4 Å². The first-order valence-electron chi connectivity index (χ1n) is 9.79. The van der Waals surface area contributed by atoms with E-state index in [0.29, 0.717) is 12.1 Å². The SMILES string of the molecule is O=S(=O)(O)C1CCCC(P(C2CCCCC2)C2CCCCC2)C1. The molecule has 3 nitrogen and oxygen atoms in total. The Labute approximate surface area is 143 Å². The van der Waals surface area contributed by atoms with Gasteiger partial charge in [-0.25, -0.2) is 0 Å². The van der Waals surface area contributed by atoms with Gasteiger partial charge in [-0.15, -0.1) is 0 Å². The van der Waals surface area contributed by atoms with Crippen molar-refractivity contribution < 1.29 is 13.0 Å². The number of hydrogen-bond donors (Lipinski definition) is 1. The van der Waals surface area contributed by atoms with Gasteiger partial charge in [-0.3, -0.25) is 4.55 Å². The van der Waals surface area contributed by atoms with Gasteiger partial charge in [0.05, 0.1) is 5.25 Å². The van der Waals surface area contributed by atoms with Gasteiger partial charge in [-0.05, 0) is 61.9 Å². The molecule has 0 heterocycles. The summed E-state index contributed by atoms with van der Waals surface area (Å²) in [7, 11) is -3.91. The third-order valence-corrected chi connectivity index (χ3v) is 11.7. The average molecular weight is 361 g/mol. The Balaban J connectivity index is 1.75. The van der Waals surface area contributed by atoms with Gasteiger partial charge in [0.15, 0.2) is 0 Å². The second kappa shape index (κ2) is 8.15. The standard InChI is InChI=1S/C18H33O3PS/c19-23(20,21)18-13-7-12-17(14-18)22(15-8-3-1-4-9-15)16-10-5-2-6-11-16/h15-18H,1-14H2,(H,19,20,21). The summed E-state index contributed by atoms with van der Waals surface area (Å²) in [4.78, 5) is 0. The second-order valence-corrected chi connectivity index (χ2v) is 12.8. The van der Waals surface area contributed by atoms with E-state index in [-0.39, 0.29) is 7.92 Å². The molecule has 0 aromatic heterocycles. The van der Waals surface area contributed by atoms with Crippen LogP contribution in [0.4, 0.5) is 0 Å². The van der Waals surface area contributed by atoms with Gasteiger partial charge >= 0.3 is 0 Å². The third-order valence-electron chi connectivity index (χ3n) is 6.43. The molecular formula is C18H33O3PS. The Morgan fingerprint density at radius 2 is 1.13 bits per heavy atom. The molecular weight excluding hydrogens is 327 g/mol. The zero-order chi connectivity index (χ0) is 16.3. The average Bonchev–Trinajstić information content (AvgIpc) is 2.57. The van der Waals surface area contributed by atoms with Crippen molar-refractivity contribution in [2.24, 2.45) is 0 Å². The Morgan fingerprint density at radius 3 is 1.61 bits per heavy atom. The maximum absolute atomic E-state index is 11.7. The van der Waals surface area contributed by atoms with E-state index in [1.165, 1.54) is 70.6 Å². The number of rotatable bonds is 4. The van der Waals surface area contributed by atoms with Crippen LogP contribution in [0.5, 0.6) is 0 Å². The van der Waals surface area contributed by atoms with Crippen LogP contribution in [0.25, 0.3) is 0 Å². The summed E-state index contributed by atoms with van der Waals surface area (Å²) >= 11 is 0. The molecule has 3 fully saturated rings. The van der Waals surface area contributed by atoms with Crippen LogP contribution in [0.1, 0.15) is 89.9 Å². The summed E-state index contributed by atoms with van der Waals surface area (Å²) in [6.07, 6.45) is 17.5. The molecule has 3 aliphatic carbocycles. The van der Waals surface area contributed by atoms with Gasteiger partial charge in [0.25, 0.3) is 10.1 Å². The summed E-state index contributed by atoms with van der Waals surface area (Å²) in [5.74, 6) is 0. The predicted molar refractivity (Wildman–Crippen MR) is 98.3 cm³/mol. The normalized spacial score (nSPS) is 32.3. The predicted octanol–water partition coefficient (Wildman–Crippen LogP) is 5.33. The molecule has 1 N–H and O–H groups in total. The van der Waals surface area contributed by atoms with Crippen LogP contribution in [-0.4, -0.2) is 35.2 Å². The summed E-state index contributed by atoms with van der Waals surface area (Å²) in [6.45, 7) is 0. The van der Waals surface area contributed by atoms with Gasteiger partial charge < -0.3 is 0 Å². The molecule has 0 aromatic carbocycles. The quantitative estimate of drug-likeness (QED) is 0.544. The third kappa shape index (κ3) is 4.70. The molecule has 0 amide bonds. The van der Waals surface area contributed by atoms with Gasteiger partial charge in [0.1, 0.15) is 0 Å². The minimum Gasteiger partial charge on any atom is -0.285 e. The minimum atomic E-state index is -3.84.